The van der Waals surface area contributed by atoms with Crippen LogP contribution in [0.15, 0.2) is 114 Å². The Hall–Kier alpha value is -4.61. The van der Waals surface area contributed by atoms with Gasteiger partial charge in [-0.25, -0.2) is 4.99 Å². The molecule has 40 heavy (non-hydrogen) atoms. The van der Waals surface area contributed by atoms with Crippen molar-refractivity contribution < 1.29 is 0 Å². The number of hydrogen-bond donors (Lipinski definition) is 3. The number of nitrogens with zero attached hydrogens (tertiary/aromatic N) is 2. The highest BCUT2D eigenvalue weighted by atomic mass is 15.3. The van der Waals surface area contributed by atoms with E-state index in [1.807, 2.05) is 0 Å². The van der Waals surface area contributed by atoms with Crippen LogP contribution in [0.5, 0.6) is 0 Å². The number of benzene rings is 3. The van der Waals surface area contributed by atoms with Crippen molar-refractivity contribution in [3.05, 3.63) is 143 Å². The zero-order valence-corrected chi connectivity index (χ0v) is 22.2. The van der Waals surface area contributed by atoms with Crippen LogP contribution in [0.2, 0.25) is 0 Å². The predicted molar refractivity (Wildman–Crippen MR) is 161 cm³/mol. The van der Waals surface area contributed by atoms with Crippen LogP contribution >= 0.6 is 0 Å². The number of hydrogen-bond acceptors (Lipinski definition) is 3. The van der Waals surface area contributed by atoms with Crippen LogP contribution in [0.1, 0.15) is 58.4 Å². The molecule has 0 fully saturated rings. The Bertz CT molecular complexity index is 1730. The van der Waals surface area contributed by atoms with E-state index < -0.39 is 0 Å². The number of aromatic nitrogens is 2. The molecule has 3 N–H and O–H groups in total. The molecule has 3 aliphatic rings. The molecule has 5 aromatic rings. The maximum absolute atomic E-state index is 5.36. The summed E-state index contributed by atoms with van der Waals surface area (Å²) in [5.41, 5.74) is 11.5. The van der Waals surface area contributed by atoms with Gasteiger partial charge in [0, 0.05) is 52.1 Å². The summed E-state index contributed by atoms with van der Waals surface area (Å²) < 4.78 is 2.36. The van der Waals surface area contributed by atoms with Crippen LogP contribution in [-0.4, -0.2) is 15.4 Å². The zero-order chi connectivity index (χ0) is 26.5. The van der Waals surface area contributed by atoms with Gasteiger partial charge in [-0.3, -0.25) is 5.32 Å². The van der Waals surface area contributed by atoms with Crippen molar-refractivity contribution in [1.29, 1.82) is 0 Å². The number of para-hydroxylation sites is 1. The number of allylic oxidation sites excluding steroid dienone is 1. The lowest BCUT2D eigenvalue weighted by Gasteiger charge is -2.36. The van der Waals surface area contributed by atoms with Gasteiger partial charge >= 0.3 is 0 Å². The first kappa shape index (κ1) is 23.3. The van der Waals surface area contributed by atoms with Gasteiger partial charge in [0.05, 0.1) is 5.92 Å². The van der Waals surface area contributed by atoms with E-state index in [2.05, 4.69) is 136 Å². The Kier molecular flexibility index (Phi) is 5.56. The SMILES string of the molecule is C1=Cc2c([nH]c3c2-c2ccn(-c4ccccc4)c2CC3C2=NC(c3ccccc3)NC(c3ccccc3)N2)CC1. The first-order chi connectivity index (χ1) is 19.8. The van der Waals surface area contributed by atoms with Crippen LogP contribution < -0.4 is 10.6 Å². The second-order valence-corrected chi connectivity index (χ2v) is 10.9. The van der Waals surface area contributed by atoms with E-state index in [1.54, 1.807) is 0 Å². The standard InChI is InChI=1S/C35H31N5/c1-4-12-23(13-5-1)33-37-34(24-14-6-2-7-15-24)39-35(38-33)28-22-30-27(20-21-40(30)25-16-8-3-9-17-25)31-26-18-10-11-19-29(26)36-32(28)31/h1-10,12-18,20-21,28,33-34,36-37H,11,19,22H2,(H,38,39). The zero-order valence-electron chi connectivity index (χ0n) is 22.2. The van der Waals surface area contributed by atoms with Crippen LogP contribution in [0.25, 0.3) is 22.9 Å². The summed E-state index contributed by atoms with van der Waals surface area (Å²) in [6, 6.07) is 34.2. The summed E-state index contributed by atoms with van der Waals surface area (Å²) in [6.07, 6.45) is 9.65. The number of rotatable bonds is 4. The number of fused-ring (bicyclic) bond motifs is 5. The van der Waals surface area contributed by atoms with Gasteiger partial charge in [0.15, 0.2) is 0 Å². The first-order valence-corrected chi connectivity index (χ1v) is 14.2. The third-order valence-electron chi connectivity index (χ3n) is 8.50. The summed E-state index contributed by atoms with van der Waals surface area (Å²) in [5, 5.41) is 7.59. The number of amidine groups is 1. The molecule has 3 aromatic carbocycles. The van der Waals surface area contributed by atoms with Gasteiger partial charge in [-0.2, -0.15) is 0 Å². The molecule has 0 amide bonds. The van der Waals surface area contributed by atoms with Gasteiger partial charge in [-0.05, 0) is 42.2 Å². The normalized spacial score (nSPS) is 21.1. The second-order valence-electron chi connectivity index (χ2n) is 10.9. The van der Waals surface area contributed by atoms with Crippen LogP contribution in [0, 0.1) is 0 Å². The number of aromatic amines is 1. The third kappa shape index (κ3) is 3.85. The van der Waals surface area contributed by atoms with Crippen molar-refractivity contribution >= 4 is 11.9 Å². The molecule has 5 heteroatoms. The van der Waals surface area contributed by atoms with Gasteiger partial charge in [-0.15, -0.1) is 0 Å². The quantitative estimate of drug-likeness (QED) is 0.237. The van der Waals surface area contributed by atoms with E-state index in [9.17, 15) is 0 Å². The summed E-state index contributed by atoms with van der Waals surface area (Å²) in [7, 11) is 0. The highest BCUT2D eigenvalue weighted by Crippen LogP contribution is 2.46. The number of nitrogens with one attached hydrogen (secondary N) is 3. The van der Waals surface area contributed by atoms with Gasteiger partial charge in [0.2, 0.25) is 0 Å². The van der Waals surface area contributed by atoms with E-state index in [-0.39, 0.29) is 18.2 Å². The van der Waals surface area contributed by atoms with Crippen LogP contribution in [0.4, 0.5) is 0 Å². The average Bonchev–Trinajstić information content (AvgIpc) is 3.63. The molecule has 0 saturated heterocycles. The molecule has 2 aliphatic carbocycles. The summed E-state index contributed by atoms with van der Waals surface area (Å²) in [4.78, 5) is 9.26. The van der Waals surface area contributed by atoms with Crippen LogP contribution in [0.3, 0.4) is 0 Å². The molecule has 196 valence electrons. The Morgan fingerprint density at radius 2 is 1.52 bits per heavy atom. The molecule has 3 unspecified atom stereocenters. The maximum Gasteiger partial charge on any atom is 0.129 e. The van der Waals surface area contributed by atoms with E-state index in [0.29, 0.717) is 0 Å². The molecule has 0 saturated carbocycles. The number of aryl methyl sites for hydroxylation is 1. The monoisotopic (exact) mass is 521 g/mol. The number of H-pyrrole nitrogens is 1. The molecule has 2 aromatic heterocycles. The van der Waals surface area contributed by atoms with Gasteiger partial charge < -0.3 is 14.9 Å². The predicted octanol–water partition coefficient (Wildman–Crippen LogP) is 7.06. The number of aliphatic imine (C=N–C) groups is 1. The Morgan fingerprint density at radius 1 is 0.800 bits per heavy atom. The summed E-state index contributed by atoms with van der Waals surface area (Å²) in [6.45, 7) is 0. The minimum Gasteiger partial charge on any atom is -0.361 e. The Balaban J connectivity index is 1.29. The van der Waals surface area contributed by atoms with Gasteiger partial charge in [-0.1, -0.05) is 91.0 Å². The minimum atomic E-state index is -0.141. The molecule has 0 radical (unpaired) electrons. The highest BCUT2D eigenvalue weighted by molar-refractivity contribution is 5.96. The molecule has 0 bridgehead atoms. The van der Waals surface area contributed by atoms with Crippen LogP contribution in [-0.2, 0) is 12.8 Å². The lowest BCUT2D eigenvalue weighted by atomic mass is 9.82. The van der Waals surface area contributed by atoms with Crippen molar-refractivity contribution in [2.75, 3.05) is 0 Å². The average molecular weight is 522 g/mol. The molecular formula is C35H31N5. The summed E-state index contributed by atoms with van der Waals surface area (Å²) in [5.74, 6) is 1.11. The molecule has 3 atom stereocenters. The highest BCUT2D eigenvalue weighted by Gasteiger charge is 2.38. The largest absolute Gasteiger partial charge is 0.361 e. The van der Waals surface area contributed by atoms with Crippen molar-refractivity contribution in [2.24, 2.45) is 4.99 Å². The lowest BCUT2D eigenvalue weighted by molar-refractivity contribution is 0.400. The topological polar surface area (TPSA) is 57.1 Å². The van der Waals surface area contributed by atoms with Crippen molar-refractivity contribution in [3.8, 4) is 16.8 Å². The van der Waals surface area contributed by atoms with Gasteiger partial charge in [0.1, 0.15) is 18.2 Å². The third-order valence-corrected chi connectivity index (χ3v) is 8.50. The maximum atomic E-state index is 5.36. The minimum absolute atomic E-state index is 0.0471. The van der Waals surface area contributed by atoms with Crippen molar-refractivity contribution in [2.45, 2.75) is 37.5 Å². The fourth-order valence-electron chi connectivity index (χ4n) is 6.59. The van der Waals surface area contributed by atoms with E-state index in [1.165, 1.54) is 50.6 Å². The molecule has 1 aliphatic heterocycles. The molecule has 8 rings (SSSR count). The molecule has 5 nitrogen and oxygen atoms in total. The fraction of sp³-hybridized carbons (Fsp3) is 0.171. The Labute approximate surface area is 234 Å². The van der Waals surface area contributed by atoms with Crippen molar-refractivity contribution in [1.82, 2.24) is 20.2 Å². The van der Waals surface area contributed by atoms with Gasteiger partial charge in [0.25, 0.3) is 0 Å². The first-order valence-electron chi connectivity index (χ1n) is 14.2. The Morgan fingerprint density at radius 3 is 2.30 bits per heavy atom. The molecule has 0 spiro atoms. The second kappa shape index (κ2) is 9.54. The fourth-order valence-corrected chi connectivity index (χ4v) is 6.59. The molecular weight excluding hydrogens is 490 g/mol. The van der Waals surface area contributed by atoms with E-state index in [0.717, 1.165) is 25.1 Å². The van der Waals surface area contributed by atoms with E-state index in [4.69, 9.17) is 4.99 Å². The van der Waals surface area contributed by atoms with E-state index >= 15 is 0 Å². The lowest BCUT2D eigenvalue weighted by Crippen LogP contribution is -2.47. The smallest absolute Gasteiger partial charge is 0.129 e. The molecule has 3 heterocycles. The van der Waals surface area contributed by atoms with Crippen molar-refractivity contribution in [3.63, 3.8) is 0 Å². The summed E-state index contributed by atoms with van der Waals surface area (Å²) >= 11 is 0.